The summed E-state index contributed by atoms with van der Waals surface area (Å²) < 4.78 is 5.06. The third kappa shape index (κ3) is 6.81. The molecule has 0 aliphatic carbocycles. The van der Waals surface area contributed by atoms with Gasteiger partial charge in [0.05, 0.1) is 11.0 Å². The Morgan fingerprint density at radius 2 is 0.725 bits per heavy atom. The zero-order chi connectivity index (χ0) is 47.1. The molecule has 0 aliphatic rings. The Labute approximate surface area is 410 Å². The molecule has 0 amide bonds. The van der Waals surface area contributed by atoms with Gasteiger partial charge in [0.15, 0.2) is 0 Å². The van der Waals surface area contributed by atoms with Gasteiger partial charge in [-0.2, -0.15) is 0 Å². The number of benzene rings is 10. The molecular weight excluding hydrogens is 824 g/mol. The van der Waals surface area contributed by atoms with Crippen LogP contribution in [0.4, 0.5) is 0 Å². The molecule has 12 rings (SSSR count). The van der Waals surface area contributed by atoms with Crippen molar-refractivity contribution in [3.63, 3.8) is 0 Å². The van der Waals surface area contributed by atoms with E-state index in [1.54, 1.807) is 0 Å². The molecule has 0 saturated carbocycles. The van der Waals surface area contributed by atoms with Crippen LogP contribution < -0.4 is 38.2 Å². The van der Waals surface area contributed by atoms with Crippen molar-refractivity contribution >= 4 is 137 Å². The fourth-order valence-electron chi connectivity index (χ4n) is 11.6. The van der Waals surface area contributed by atoms with Crippen molar-refractivity contribution in [3.05, 3.63) is 200 Å². The lowest BCUT2D eigenvalue weighted by Gasteiger charge is -2.19. The largest absolute Gasteiger partial charge is 0.310 e. The van der Waals surface area contributed by atoms with E-state index in [9.17, 15) is 0 Å². The Hall–Kier alpha value is -7.75. The molecule has 0 bridgehead atoms. The van der Waals surface area contributed by atoms with E-state index < -0.39 is 0 Å². The van der Waals surface area contributed by atoms with Crippen LogP contribution in [0.5, 0.6) is 0 Å². The van der Waals surface area contributed by atoms with Crippen molar-refractivity contribution in [3.8, 4) is 67.0 Å². The molecule has 9 heteroatoms. The third-order valence-corrected chi connectivity index (χ3v) is 15.4. The Morgan fingerprint density at radius 3 is 1.32 bits per heavy atom. The van der Waals surface area contributed by atoms with Crippen LogP contribution in [0, 0.1) is 0 Å². The SMILES string of the molecule is Bc1c(B)c(B)c2c(c1B)c1c(B)c(-c3ccc4c(c3)c3c(-c5cccc(-c6ccccc6)c5)cccc3n4-c3cccc(-c4ccccc4)c3)c(B)c(B)c1n2-c1cccc(-c2ccccc2)c1. The standard InChI is InChI=1S/C60H47B7N2/c61-52-48(53(62)57(66)59-50(52)51-54(63)55(64)56(65)58(67)60(51)69(59)43-25-12-22-39(32-43)36-18-8-3-9-19-36)41-28-29-46-45(33-41)49-44(40-23-10-20-37(30-40)34-14-4-1-5-15-34)26-13-27-47(49)68(46)42-24-11-21-38(31-42)35-16-6-2-7-17-35/h1-33H,61-67H2. The van der Waals surface area contributed by atoms with Crippen molar-refractivity contribution in [2.45, 2.75) is 0 Å². The van der Waals surface area contributed by atoms with Gasteiger partial charge in [-0.05, 0) is 110 Å². The molecule has 69 heavy (non-hydrogen) atoms. The Bertz CT molecular complexity index is 4030. The van der Waals surface area contributed by atoms with Crippen LogP contribution in [0.15, 0.2) is 200 Å². The van der Waals surface area contributed by atoms with Crippen LogP contribution in [0.2, 0.25) is 0 Å². The minimum atomic E-state index is 1.14. The summed E-state index contributed by atoms with van der Waals surface area (Å²) in [6, 6.07) is 73.5. The smallest absolute Gasteiger partial charge is 0.141 e. The monoisotopic (exact) mass is 872 g/mol. The maximum absolute atomic E-state index is 2.58. The Morgan fingerprint density at radius 1 is 0.261 bits per heavy atom. The van der Waals surface area contributed by atoms with E-state index in [1.807, 2.05) is 0 Å². The fourth-order valence-corrected chi connectivity index (χ4v) is 11.6. The molecule has 2 aromatic heterocycles. The van der Waals surface area contributed by atoms with Crippen LogP contribution in [0.1, 0.15) is 0 Å². The van der Waals surface area contributed by atoms with Gasteiger partial charge in [-0.15, -0.1) is 5.46 Å². The van der Waals surface area contributed by atoms with Crippen LogP contribution in [0.3, 0.4) is 0 Å². The van der Waals surface area contributed by atoms with Gasteiger partial charge in [-0.25, -0.2) is 0 Å². The molecule has 0 unspecified atom stereocenters. The number of aromatic nitrogens is 2. The number of hydrogen-bond donors (Lipinski definition) is 0. The van der Waals surface area contributed by atoms with Gasteiger partial charge in [0.25, 0.3) is 0 Å². The lowest BCUT2D eigenvalue weighted by molar-refractivity contribution is 1.18. The molecule has 2 heterocycles. The topological polar surface area (TPSA) is 9.86 Å². The zero-order valence-corrected chi connectivity index (χ0v) is 40.4. The average molecular weight is 872 g/mol. The first kappa shape index (κ1) is 42.6. The molecule has 0 spiro atoms. The lowest BCUT2D eigenvalue weighted by Crippen LogP contribution is -2.48. The highest BCUT2D eigenvalue weighted by Gasteiger charge is 2.26. The summed E-state index contributed by atoms with van der Waals surface area (Å²) in [4.78, 5) is 0. The van der Waals surface area contributed by atoms with E-state index in [2.05, 4.69) is 264 Å². The number of fused-ring (bicyclic) bond motifs is 6. The fraction of sp³-hybridized carbons (Fsp3) is 0. The van der Waals surface area contributed by atoms with Crippen LogP contribution >= 0.6 is 0 Å². The zero-order valence-electron chi connectivity index (χ0n) is 40.4. The highest BCUT2D eigenvalue weighted by Crippen LogP contribution is 2.42. The van der Waals surface area contributed by atoms with Crippen molar-refractivity contribution in [2.24, 2.45) is 0 Å². The minimum absolute atomic E-state index is 1.14. The summed E-state index contributed by atoms with van der Waals surface area (Å²) in [5.74, 6) is 0. The van der Waals surface area contributed by atoms with Crippen LogP contribution in [-0.4, -0.2) is 64.1 Å². The highest BCUT2D eigenvalue weighted by molar-refractivity contribution is 6.69. The summed E-state index contributed by atoms with van der Waals surface area (Å²) in [6.07, 6.45) is 0. The first-order chi connectivity index (χ1) is 33.7. The van der Waals surface area contributed by atoms with Gasteiger partial charge >= 0.3 is 0 Å². The maximum Gasteiger partial charge on any atom is 0.141 e. The quantitative estimate of drug-likeness (QED) is 0.215. The van der Waals surface area contributed by atoms with E-state index in [0.717, 1.165) is 5.69 Å². The van der Waals surface area contributed by atoms with Crippen molar-refractivity contribution in [1.29, 1.82) is 0 Å². The highest BCUT2D eigenvalue weighted by atomic mass is 15.0. The predicted octanol–water partition coefficient (Wildman–Crippen LogP) is 4.02. The van der Waals surface area contributed by atoms with Gasteiger partial charge in [0.2, 0.25) is 0 Å². The van der Waals surface area contributed by atoms with Gasteiger partial charge in [-0.1, -0.05) is 184 Å². The van der Waals surface area contributed by atoms with E-state index in [-0.39, 0.29) is 0 Å². The molecule has 318 valence electrons. The minimum Gasteiger partial charge on any atom is -0.310 e. The summed E-state index contributed by atoms with van der Waals surface area (Å²) >= 11 is 0. The average Bonchev–Trinajstić information content (AvgIpc) is 3.94. The van der Waals surface area contributed by atoms with Crippen molar-refractivity contribution in [1.82, 2.24) is 9.13 Å². The number of nitrogens with zero attached hydrogens (tertiary/aromatic N) is 2. The number of hydrogen-bond acceptors (Lipinski definition) is 0. The van der Waals surface area contributed by atoms with E-state index in [4.69, 9.17) is 0 Å². The summed E-state index contributed by atoms with van der Waals surface area (Å²) in [7, 11) is 16.3. The molecule has 12 aromatic rings. The first-order valence-corrected chi connectivity index (χ1v) is 24.3. The summed E-state index contributed by atoms with van der Waals surface area (Å²) in [5, 5.41) is 5.19. The molecule has 0 fully saturated rings. The summed E-state index contributed by atoms with van der Waals surface area (Å²) in [5.41, 5.74) is 28.9. The third-order valence-electron chi connectivity index (χ3n) is 15.4. The maximum atomic E-state index is 2.58. The molecule has 0 aliphatic heterocycles. The second-order valence-electron chi connectivity index (χ2n) is 19.1. The number of rotatable bonds is 7. The molecule has 0 atom stereocenters. The van der Waals surface area contributed by atoms with Crippen molar-refractivity contribution < 1.29 is 0 Å². The van der Waals surface area contributed by atoms with E-state index in [1.165, 1.54) is 143 Å². The molecule has 0 saturated heterocycles. The second-order valence-corrected chi connectivity index (χ2v) is 19.1. The molecule has 0 radical (unpaired) electrons. The molecule has 10 aromatic carbocycles. The van der Waals surface area contributed by atoms with Crippen LogP contribution in [0.25, 0.3) is 111 Å². The predicted molar refractivity (Wildman–Crippen MR) is 320 cm³/mol. The molecule has 2 nitrogen and oxygen atoms in total. The van der Waals surface area contributed by atoms with Gasteiger partial charge in [-0.3, -0.25) is 0 Å². The Balaban J connectivity index is 1.14. The van der Waals surface area contributed by atoms with Gasteiger partial charge in [0, 0.05) is 38.6 Å². The lowest BCUT2D eigenvalue weighted by atomic mass is 9.64. The second kappa shape index (κ2) is 16.8. The molecule has 0 N–H and O–H groups in total. The van der Waals surface area contributed by atoms with Crippen molar-refractivity contribution in [2.75, 3.05) is 0 Å². The van der Waals surface area contributed by atoms with Crippen LogP contribution in [-0.2, 0) is 0 Å². The first-order valence-electron chi connectivity index (χ1n) is 24.3. The Kier molecular flexibility index (Phi) is 10.4. The van der Waals surface area contributed by atoms with Gasteiger partial charge < -0.3 is 9.13 Å². The molecular formula is C60H47B7N2. The normalized spacial score (nSPS) is 11.6. The van der Waals surface area contributed by atoms with E-state index >= 15 is 0 Å². The van der Waals surface area contributed by atoms with E-state index in [0.29, 0.717) is 0 Å². The van der Waals surface area contributed by atoms with Gasteiger partial charge in [0.1, 0.15) is 54.9 Å². The summed E-state index contributed by atoms with van der Waals surface area (Å²) in [6.45, 7) is 0.